The van der Waals surface area contributed by atoms with E-state index in [-0.39, 0.29) is 17.7 Å². The van der Waals surface area contributed by atoms with Crippen molar-refractivity contribution in [3.63, 3.8) is 0 Å². The topological polar surface area (TPSA) is 64.4 Å². The molecule has 0 fully saturated rings. The lowest BCUT2D eigenvalue weighted by atomic mass is 10.1. The molecule has 0 aliphatic rings. The van der Waals surface area contributed by atoms with Crippen molar-refractivity contribution in [1.82, 2.24) is 9.78 Å². The van der Waals surface area contributed by atoms with Crippen LogP contribution in [0, 0.1) is 0 Å². The van der Waals surface area contributed by atoms with Gasteiger partial charge >= 0.3 is 5.97 Å². The smallest absolute Gasteiger partial charge is 0.339 e. The minimum Gasteiger partial charge on any atom is -0.491 e. The van der Waals surface area contributed by atoms with Gasteiger partial charge in [-0.2, -0.15) is 5.10 Å². The van der Waals surface area contributed by atoms with Gasteiger partial charge in [0.2, 0.25) is 0 Å². The van der Waals surface area contributed by atoms with E-state index in [1.807, 2.05) is 52.0 Å². The van der Waals surface area contributed by atoms with Crippen molar-refractivity contribution in [2.45, 2.75) is 39.8 Å². The Morgan fingerprint density at radius 1 is 1.19 bits per heavy atom. The van der Waals surface area contributed by atoms with Crippen LogP contribution in [-0.4, -0.2) is 27.0 Å². The van der Waals surface area contributed by atoms with Gasteiger partial charge in [-0.15, -0.1) is 0 Å². The number of carboxylic acid groups (broad SMARTS) is 1. The molecule has 0 saturated carbocycles. The highest BCUT2D eigenvalue weighted by Crippen LogP contribution is 2.26. The predicted octanol–water partition coefficient (Wildman–Crippen LogP) is 3.62. The van der Waals surface area contributed by atoms with Gasteiger partial charge in [0.05, 0.1) is 6.10 Å². The first-order valence-corrected chi connectivity index (χ1v) is 6.98. The van der Waals surface area contributed by atoms with Crippen LogP contribution in [0.15, 0.2) is 30.5 Å². The van der Waals surface area contributed by atoms with Crippen LogP contribution in [0.3, 0.4) is 0 Å². The van der Waals surface area contributed by atoms with Crippen LogP contribution in [0.4, 0.5) is 0 Å². The van der Waals surface area contributed by atoms with E-state index < -0.39 is 5.97 Å². The van der Waals surface area contributed by atoms with Gasteiger partial charge in [0.15, 0.2) is 0 Å². The number of rotatable bonds is 5. The molecule has 2 rings (SSSR count). The molecule has 0 aliphatic carbocycles. The standard InChI is InChI=1S/C16H20N2O3/c1-10(2)18-9-14(16(19)20)15(17-18)12-5-7-13(8-6-12)21-11(3)4/h5-11H,1-4H3,(H,19,20). The molecule has 0 radical (unpaired) electrons. The SMILES string of the molecule is CC(C)Oc1ccc(-c2nn(C(C)C)cc2C(=O)O)cc1. The lowest BCUT2D eigenvalue weighted by molar-refractivity contribution is 0.0697. The highest BCUT2D eigenvalue weighted by molar-refractivity contribution is 5.94. The summed E-state index contributed by atoms with van der Waals surface area (Å²) in [5, 5.41) is 13.7. The fourth-order valence-corrected chi connectivity index (χ4v) is 1.99. The van der Waals surface area contributed by atoms with Gasteiger partial charge in [0, 0.05) is 17.8 Å². The molecule has 21 heavy (non-hydrogen) atoms. The number of hydrogen-bond donors (Lipinski definition) is 1. The molecule has 2 aromatic rings. The first kappa shape index (κ1) is 15.1. The van der Waals surface area contributed by atoms with Gasteiger partial charge in [-0.25, -0.2) is 4.79 Å². The minimum absolute atomic E-state index is 0.102. The summed E-state index contributed by atoms with van der Waals surface area (Å²) in [4.78, 5) is 11.4. The van der Waals surface area contributed by atoms with E-state index in [9.17, 15) is 9.90 Å². The second-order valence-electron chi connectivity index (χ2n) is 5.46. The van der Waals surface area contributed by atoms with Crippen molar-refractivity contribution < 1.29 is 14.6 Å². The number of benzene rings is 1. The molecule has 0 bridgehead atoms. The molecule has 5 nitrogen and oxygen atoms in total. The summed E-state index contributed by atoms with van der Waals surface area (Å²) >= 11 is 0. The largest absolute Gasteiger partial charge is 0.491 e. The molecule has 1 aromatic carbocycles. The van der Waals surface area contributed by atoms with Crippen molar-refractivity contribution in [3.8, 4) is 17.0 Å². The van der Waals surface area contributed by atoms with E-state index in [2.05, 4.69) is 5.10 Å². The first-order valence-electron chi connectivity index (χ1n) is 6.98. The molecule has 0 saturated heterocycles. The molecule has 5 heteroatoms. The van der Waals surface area contributed by atoms with E-state index >= 15 is 0 Å². The van der Waals surface area contributed by atoms with Crippen LogP contribution in [0.25, 0.3) is 11.3 Å². The molecule has 0 aliphatic heterocycles. The normalized spacial score (nSPS) is 11.1. The average molecular weight is 288 g/mol. The summed E-state index contributed by atoms with van der Waals surface area (Å²) in [7, 11) is 0. The number of aromatic carboxylic acids is 1. The molecule has 0 amide bonds. The fraction of sp³-hybridized carbons (Fsp3) is 0.375. The third-order valence-corrected chi connectivity index (χ3v) is 2.99. The highest BCUT2D eigenvalue weighted by atomic mass is 16.5. The molecule has 0 unspecified atom stereocenters. The molecular formula is C16H20N2O3. The van der Waals surface area contributed by atoms with Crippen molar-refractivity contribution in [3.05, 3.63) is 36.0 Å². The van der Waals surface area contributed by atoms with Crippen molar-refractivity contribution in [2.75, 3.05) is 0 Å². The number of carboxylic acids is 1. The third kappa shape index (κ3) is 3.42. The Hall–Kier alpha value is -2.30. The van der Waals surface area contributed by atoms with Crippen molar-refractivity contribution in [1.29, 1.82) is 0 Å². The highest BCUT2D eigenvalue weighted by Gasteiger charge is 2.18. The monoisotopic (exact) mass is 288 g/mol. The Kier molecular flexibility index (Phi) is 4.31. The van der Waals surface area contributed by atoms with E-state index in [4.69, 9.17) is 4.74 Å². The van der Waals surface area contributed by atoms with E-state index in [1.54, 1.807) is 10.9 Å². The average Bonchev–Trinajstić information content (AvgIpc) is 2.84. The zero-order valence-electron chi connectivity index (χ0n) is 12.7. The van der Waals surface area contributed by atoms with Crippen LogP contribution in [0.2, 0.25) is 0 Å². The number of nitrogens with zero attached hydrogens (tertiary/aromatic N) is 2. The Labute approximate surface area is 124 Å². The van der Waals surface area contributed by atoms with E-state index in [1.165, 1.54) is 0 Å². The summed E-state index contributed by atoms with van der Waals surface area (Å²) in [6.45, 7) is 7.84. The summed E-state index contributed by atoms with van der Waals surface area (Å²) < 4.78 is 7.25. The van der Waals surface area contributed by atoms with Gasteiger partial charge in [0.1, 0.15) is 17.0 Å². The van der Waals surface area contributed by atoms with Crippen LogP contribution in [0.5, 0.6) is 5.75 Å². The summed E-state index contributed by atoms with van der Waals surface area (Å²) in [5.74, 6) is -0.215. The Morgan fingerprint density at radius 3 is 2.29 bits per heavy atom. The molecule has 0 spiro atoms. The lowest BCUT2D eigenvalue weighted by Gasteiger charge is -2.09. The van der Waals surface area contributed by atoms with Gasteiger partial charge in [0.25, 0.3) is 0 Å². The van der Waals surface area contributed by atoms with Crippen LogP contribution >= 0.6 is 0 Å². The maximum Gasteiger partial charge on any atom is 0.339 e. The minimum atomic E-state index is -0.973. The number of ether oxygens (including phenoxy) is 1. The zero-order valence-corrected chi connectivity index (χ0v) is 12.7. The molecule has 1 N–H and O–H groups in total. The Morgan fingerprint density at radius 2 is 1.81 bits per heavy atom. The van der Waals surface area contributed by atoms with E-state index in [0.29, 0.717) is 5.69 Å². The molecule has 0 atom stereocenters. The number of aromatic nitrogens is 2. The van der Waals surface area contributed by atoms with Crippen LogP contribution in [0.1, 0.15) is 44.1 Å². The van der Waals surface area contributed by atoms with Crippen molar-refractivity contribution in [2.24, 2.45) is 0 Å². The maximum atomic E-state index is 11.4. The summed E-state index contributed by atoms with van der Waals surface area (Å²) in [6, 6.07) is 7.43. The lowest BCUT2D eigenvalue weighted by Crippen LogP contribution is -2.05. The number of carbonyl (C=O) groups is 1. The molecule has 1 heterocycles. The molecular weight excluding hydrogens is 268 g/mol. The fourth-order valence-electron chi connectivity index (χ4n) is 1.99. The Balaban J connectivity index is 2.38. The second kappa shape index (κ2) is 5.99. The Bertz CT molecular complexity index is 627. The second-order valence-corrected chi connectivity index (χ2v) is 5.46. The first-order chi connectivity index (χ1) is 9.88. The maximum absolute atomic E-state index is 11.4. The predicted molar refractivity (Wildman–Crippen MR) is 80.8 cm³/mol. The van der Waals surface area contributed by atoms with Crippen molar-refractivity contribution >= 4 is 5.97 Å². The molecule has 112 valence electrons. The van der Waals surface area contributed by atoms with Crippen LogP contribution < -0.4 is 4.74 Å². The quantitative estimate of drug-likeness (QED) is 0.912. The number of hydrogen-bond acceptors (Lipinski definition) is 3. The van der Waals surface area contributed by atoms with E-state index in [0.717, 1.165) is 11.3 Å². The molecule has 1 aromatic heterocycles. The van der Waals surface area contributed by atoms with Gasteiger partial charge in [-0.05, 0) is 52.0 Å². The summed E-state index contributed by atoms with van der Waals surface area (Å²) in [6.07, 6.45) is 1.67. The van der Waals surface area contributed by atoms with Gasteiger partial charge in [-0.1, -0.05) is 0 Å². The summed E-state index contributed by atoms with van der Waals surface area (Å²) in [5.41, 5.74) is 1.46. The van der Waals surface area contributed by atoms with Gasteiger partial charge in [-0.3, -0.25) is 4.68 Å². The zero-order chi connectivity index (χ0) is 15.6. The third-order valence-electron chi connectivity index (χ3n) is 2.99. The van der Waals surface area contributed by atoms with Gasteiger partial charge < -0.3 is 9.84 Å². The van der Waals surface area contributed by atoms with Crippen LogP contribution in [-0.2, 0) is 0 Å².